The van der Waals surface area contributed by atoms with Gasteiger partial charge in [-0.2, -0.15) is 5.10 Å². The first-order valence-electron chi connectivity index (χ1n) is 8.12. The number of amides is 1. The lowest BCUT2D eigenvalue weighted by molar-refractivity contribution is 0.0526. The Hall–Kier alpha value is -2.15. The summed E-state index contributed by atoms with van der Waals surface area (Å²) in [5.74, 6) is -0.0381. The van der Waals surface area contributed by atoms with Gasteiger partial charge in [-0.3, -0.25) is 9.48 Å². The predicted octanol–water partition coefficient (Wildman–Crippen LogP) is 3.04. The van der Waals surface area contributed by atoms with Crippen molar-refractivity contribution in [3.63, 3.8) is 0 Å². The smallest absolute Gasteiger partial charge is 0.341 e. The minimum absolute atomic E-state index is 0.271. The molecule has 0 spiro atoms. The fourth-order valence-corrected chi connectivity index (χ4v) is 4.42. The highest BCUT2D eigenvalue weighted by Gasteiger charge is 2.29. The number of nitrogens with zero attached hydrogens (tertiary/aromatic N) is 2. The van der Waals surface area contributed by atoms with Gasteiger partial charge in [0.25, 0.3) is 5.91 Å². The van der Waals surface area contributed by atoms with E-state index in [-0.39, 0.29) is 11.9 Å². The number of anilines is 1. The van der Waals surface area contributed by atoms with Crippen LogP contribution in [-0.4, -0.2) is 28.3 Å². The highest BCUT2D eigenvalue weighted by Crippen LogP contribution is 2.40. The first-order valence-corrected chi connectivity index (χ1v) is 8.93. The van der Waals surface area contributed by atoms with Crippen LogP contribution in [0.5, 0.6) is 0 Å². The lowest BCUT2D eigenvalue weighted by Crippen LogP contribution is -2.18. The van der Waals surface area contributed by atoms with Crippen LogP contribution in [0, 0.1) is 5.92 Å². The molecule has 1 aliphatic rings. The van der Waals surface area contributed by atoms with Gasteiger partial charge in [0, 0.05) is 18.1 Å². The van der Waals surface area contributed by atoms with Gasteiger partial charge in [0.05, 0.1) is 12.2 Å². The van der Waals surface area contributed by atoms with Crippen LogP contribution in [0.1, 0.15) is 51.6 Å². The summed E-state index contributed by atoms with van der Waals surface area (Å²) in [4.78, 5) is 26.1. The zero-order valence-electron chi connectivity index (χ0n) is 14.1. The zero-order valence-corrected chi connectivity index (χ0v) is 14.9. The Labute approximate surface area is 144 Å². The Bertz CT molecular complexity index is 778. The first kappa shape index (κ1) is 16.7. The van der Waals surface area contributed by atoms with Crippen LogP contribution >= 0.6 is 11.3 Å². The summed E-state index contributed by atoms with van der Waals surface area (Å²) in [6.45, 7) is 4.31. The molecule has 1 amide bonds. The van der Waals surface area contributed by atoms with E-state index in [1.807, 2.05) is 0 Å². The Morgan fingerprint density at radius 2 is 2.29 bits per heavy atom. The van der Waals surface area contributed by atoms with Crippen LogP contribution in [0.2, 0.25) is 0 Å². The average Bonchev–Trinajstić information content (AvgIpc) is 3.10. The molecule has 2 aromatic heterocycles. The molecule has 0 radical (unpaired) electrons. The number of ether oxygens (including phenoxy) is 1. The summed E-state index contributed by atoms with van der Waals surface area (Å²) in [6.07, 6.45) is 4.41. The van der Waals surface area contributed by atoms with Crippen LogP contribution in [0.25, 0.3) is 0 Å². The topological polar surface area (TPSA) is 73.2 Å². The van der Waals surface area contributed by atoms with Crippen molar-refractivity contribution in [2.75, 3.05) is 11.9 Å². The summed E-state index contributed by atoms with van der Waals surface area (Å²) in [7, 11) is 1.71. The Morgan fingerprint density at radius 3 is 2.96 bits per heavy atom. The third kappa shape index (κ3) is 3.08. The van der Waals surface area contributed by atoms with Crippen molar-refractivity contribution in [1.82, 2.24) is 9.78 Å². The number of aromatic nitrogens is 2. The van der Waals surface area contributed by atoms with E-state index in [1.165, 1.54) is 20.9 Å². The summed E-state index contributed by atoms with van der Waals surface area (Å²) in [5, 5.41) is 7.47. The number of thiophene rings is 1. The summed E-state index contributed by atoms with van der Waals surface area (Å²) in [6, 6.07) is 1.65. The summed E-state index contributed by atoms with van der Waals surface area (Å²) < 4.78 is 6.72. The highest BCUT2D eigenvalue weighted by atomic mass is 32.1. The molecule has 24 heavy (non-hydrogen) atoms. The number of carbonyl (C=O) groups excluding carboxylic acids is 2. The van der Waals surface area contributed by atoms with Crippen molar-refractivity contribution >= 4 is 28.2 Å². The number of hydrogen-bond donors (Lipinski definition) is 1. The van der Waals surface area contributed by atoms with Crippen molar-refractivity contribution in [3.05, 3.63) is 34.0 Å². The van der Waals surface area contributed by atoms with Gasteiger partial charge in [0.2, 0.25) is 0 Å². The molecule has 0 saturated heterocycles. The number of rotatable bonds is 4. The maximum absolute atomic E-state index is 12.5. The Balaban J connectivity index is 1.96. The number of hydrogen-bond acceptors (Lipinski definition) is 5. The number of aryl methyl sites for hydroxylation is 1. The zero-order chi connectivity index (χ0) is 17.3. The number of nitrogens with one attached hydrogen (secondary N) is 1. The van der Waals surface area contributed by atoms with Gasteiger partial charge in [-0.25, -0.2) is 4.79 Å². The molecule has 3 rings (SSSR count). The average molecular weight is 347 g/mol. The fourth-order valence-electron chi connectivity index (χ4n) is 3.02. The van der Waals surface area contributed by atoms with Gasteiger partial charge < -0.3 is 10.1 Å². The standard InChI is InChI=1S/C17H21N3O3S/c1-4-23-17(22)14-11-6-5-10(2)9-13(11)24-16(14)19-15(21)12-7-8-18-20(12)3/h7-8,10H,4-6,9H2,1-3H3,(H,19,21)/t10-/m0/s1. The minimum Gasteiger partial charge on any atom is -0.462 e. The number of carbonyl (C=O) groups is 2. The SMILES string of the molecule is CCOC(=O)c1c(NC(=O)c2ccnn2C)sc2c1CC[C@H](C)C2. The van der Waals surface area contributed by atoms with Gasteiger partial charge in [-0.05, 0) is 43.7 Å². The molecule has 6 nitrogen and oxygen atoms in total. The normalized spacial score (nSPS) is 16.5. The monoisotopic (exact) mass is 347 g/mol. The van der Waals surface area contributed by atoms with E-state index < -0.39 is 0 Å². The van der Waals surface area contributed by atoms with Crippen LogP contribution < -0.4 is 5.32 Å². The second-order valence-electron chi connectivity index (χ2n) is 6.07. The second-order valence-corrected chi connectivity index (χ2v) is 7.18. The van der Waals surface area contributed by atoms with E-state index in [0.717, 1.165) is 24.8 Å². The van der Waals surface area contributed by atoms with Crippen LogP contribution in [-0.2, 0) is 24.6 Å². The molecule has 1 atom stereocenters. The molecule has 1 N–H and O–H groups in total. The molecule has 1 aliphatic carbocycles. The molecule has 0 fully saturated rings. The molecule has 0 bridgehead atoms. The molecule has 0 unspecified atom stereocenters. The summed E-state index contributed by atoms with van der Waals surface area (Å²) in [5.41, 5.74) is 2.01. The van der Waals surface area contributed by atoms with Crippen molar-refractivity contribution < 1.29 is 14.3 Å². The van der Waals surface area contributed by atoms with E-state index in [1.54, 1.807) is 26.2 Å². The van der Waals surface area contributed by atoms with Crippen molar-refractivity contribution in [2.45, 2.75) is 33.1 Å². The quantitative estimate of drug-likeness (QED) is 0.863. The maximum Gasteiger partial charge on any atom is 0.341 e. The largest absolute Gasteiger partial charge is 0.462 e. The summed E-state index contributed by atoms with van der Waals surface area (Å²) >= 11 is 1.49. The fraction of sp³-hybridized carbons (Fsp3) is 0.471. The molecule has 2 heterocycles. The van der Waals surface area contributed by atoms with Gasteiger partial charge >= 0.3 is 5.97 Å². The molecule has 0 aliphatic heterocycles. The number of esters is 1. The predicted molar refractivity (Wildman–Crippen MR) is 92.6 cm³/mol. The molecule has 0 aromatic carbocycles. The van der Waals surface area contributed by atoms with E-state index in [2.05, 4.69) is 17.3 Å². The lowest BCUT2D eigenvalue weighted by atomic mass is 9.88. The van der Waals surface area contributed by atoms with Crippen molar-refractivity contribution in [2.24, 2.45) is 13.0 Å². The van der Waals surface area contributed by atoms with E-state index in [0.29, 0.717) is 28.8 Å². The van der Waals surface area contributed by atoms with Crippen molar-refractivity contribution in [1.29, 1.82) is 0 Å². The first-order chi connectivity index (χ1) is 11.5. The van der Waals surface area contributed by atoms with Gasteiger partial charge in [0.1, 0.15) is 10.7 Å². The molecular weight excluding hydrogens is 326 g/mol. The van der Waals surface area contributed by atoms with Gasteiger partial charge in [-0.1, -0.05) is 6.92 Å². The molecule has 7 heteroatoms. The lowest BCUT2D eigenvalue weighted by Gasteiger charge is -2.18. The van der Waals surface area contributed by atoms with E-state index in [9.17, 15) is 9.59 Å². The Morgan fingerprint density at radius 1 is 1.50 bits per heavy atom. The van der Waals surface area contributed by atoms with E-state index >= 15 is 0 Å². The van der Waals surface area contributed by atoms with Gasteiger partial charge in [-0.15, -0.1) is 11.3 Å². The third-order valence-electron chi connectivity index (χ3n) is 4.27. The van der Waals surface area contributed by atoms with Crippen molar-refractivity contribution in [3.8, 4) is 0 Å². The van der Waals surface area contributed by atoms with Crippen LogP contribution in [0.3, 0.4) is 0 Å². The minimum atomic E-state index is -0.357. The molecule has 128 valence electrons. The Kier molecular flexibility index (Phi) is 4.71. The molecular formula is C17H21N3O3S. The van der Waals surface area contributed by atoms with Gasteiger partial charge in [0.15, 0.2) is 0 Å². The second kappa shape index (κ2) is 6.76. The maximum atomic E-state index is 12.5. The third-order valence-corrected chi connectivity index (χ3v) is 5.44. The molecule has 2 aromatic rings. The molecule has 0 saturated carbocycles. The van der Waals surface area contributed by atoms with Crippen LogP contribution in [0.4, 0.5) is 5.00 Å². The number of fused-ring (bicyclic) bond motifs is 1. The van der Waals surface area contributed by atoms with E-state index in [4.69, 9.17) is 4.74 Å². The van der Waals surface area contributed by atoms with Crippen LogP contribution in [0.15, 0.2) is 12.3 Å². The highest BCUT2D eigenvalue weighted by molar-refractivity contribution is 7.17.